The van der Waals surface area contributed by atoms with Crippen molar-refractivity contribution in [3.63, 3.8) is 0 Å². The van der Waals surface area contributed by atoms with Crippen LogP contribution in [0.2, 0.25) is 0 Å². The third kappa shape index (κ3) is 2.19. The van der Waals surface area contributed by atoms with E-state index in [4.69, 9.17) is 0 Å². The number of rotatable bonds is 4. The van der Waals surface area contributed by atoms with E-state index in [1.807, 2.05) is 0 Å². The summed E-state index contributed by atoms with van der Waals surface area (Å²) in [5.74, 6) is 0. The second-order valence-corrected chi connectivity index (χ2v) is 3.77. The predicted molar refractivity (Wildman–Crippen MR) is 49.5 cm³/mol. The van der Waals surface area contributed by atoms with Gasteiger partial charge in [0.15, 0.2) is 0 Å². The van der Waals surface area contributed by atoms with Crippen LogP contribution in [0.15, 0.2) is 0 Å². The Hall–Kier alpha value is -0.0400. The Labute approximate surface area is 70.8 Å². The van der Waals surface area contributed by atoms with Gasteiger partial charge in [0, 0.05) is 12.1 Å². The molecule has 1 saturated carbocycles. The lowest BCUT2D eigenvalue weighted by Gasteiger charge is -2.40. The molecule has 0 aliphatic heterocycles. The fourth-order valence-corrected chi connectivity index (χ4v) is 1.76. The molecule has 11 heavy (non-hydrogen) atoms. The molecule has 1 nitrogen and oxygen atoms in total. The third-order valence-corrected chi connectivity index (χ3v) is 2.62. The Morgan fingerprint density at radius 1 is 1.45 bits per heavy atom. The van der Waals surface area contributed by atoms with Crippen LogP contribution < -0.4 is 0 Å². The van der Waals surface area contributed by atoms with Crippen LogP contribution in [0.3, 0.4) is 0 Å². The molecule has 65 valence electrons. The summed E-state index contributed by atoms with van der Waals surface area (Å²) in [6, 6.07) is 1.60. The minimum atomic E-state index is 0.710. The lowest BCUT2D eigenvalue weighted by molar-refractivity contribution is 0.0965. The molecule has 0 aromatic rings. The molecule has 0 aromatic carbocycles. The van der Waals surface area contributed by atoms with Gasteiger partial charge in [-0.25, -0.2) is 0 Å². The average Bonchev–Trinajstić information content (AvgIpc) is 1.82. The van der Waals surface area contributed by atoms with Gasteiger partial charge in [0.2, 0.25) is 0 Å². The van der Waals surface area contributed by atoms with Crippen molar-refractivity contribution in [1.29, 1.82) is 0 Å². The molecule has 0 amide bonds. The van der Waals surface area contributed by atoms with E-state index in [1.165, 1.54) is 25.8 Å². The van der Waals surface area contributed by atoms with Crippen LogP contribution in [-0.2, 0) is 0 Å². The van der Waals surface area contributed by atoms with Gasteiger partial charge in [0.25, 0.3) is 0 Å². The molecule has 1 radical (unpaired) electrons. The highest BCUT2D eigenvalue weighted by Crippen LogP contribution is 2.26. The van der Waals surface area contributed by atoms with E-state index in [-0.39, 0.29) is 0 Å². The van der Waals surface area contributed by atoms with E-state index in [1.54, 1.807) is 0 Å². The van der Waals surface area contributed by atoms with Crippen molar-refractivity contribution in [2.75, 3.05) is 6.54 Å². The zero-order chi connectivity index (χ0) is 8.27. The molecule has 0 spiro atoms. The normalized spacial score (nSPS) is 19.4. The van der Waals surface area contributed by atoms with Crippen LogP contribution in [0.5, 0.6) is 0 Å². The minimum absolute atomic E-state index is 0.710. The molecule has 1 heteroatoms. The fraction of sp³-hybridized carbons (Fsp3) is 0.900. The van der Waals surface area contributed by atoms with Gasteiger partial charge in [0.1, 0.15) is 0 Å². The van der Waals surface area contributed by atoms with E-state index >= 15 is 0 Å². The topological polar surface area (TPSA) is 3.24 Å². The second-order valence-electron chi connectivity index (χ2n) is 3.77. The van der Waals surface area contributed by atoms with Gasteiger partial charge in [-0.15, -0.1) is 0 Å². The van der Waals surface area contributed by atoms with E-state index in [0.717, 1.165) is 12.5 Å². The van der Waals surface area contributed by atoms with Gasteiger partial charge >= 0.3 is 0 Å². The molecule has 1 fully saturated rings. The summed E-state index contributed by atoms with van der Waals surface area (Å²) in [6.45, 7) is 9.66. The maximum Gasteiger partial charge on any atom is 0.00979 e. The van der Waals surface area contributed by atoms with Gasteiger partial charge < -0.3 is 0 Å². The molecule has 0 bridgehead atoms. The van der Waals surface area contributed by atoms with Crippen molar-refractivity contribution in [2.45, 2.75) is 51.6 Å². The summed E-state index contributed by atoms with van der Waals surface area (Å²) >= 11 is 0. The second kappa shape index (κ2) is 4.10. The Morgan fingerprint density at radius 2 is 2.09 bits per heavy atom. The van der Waals surface area contributed by atoms with Crippen molar-refractivity contribution >= 4 is 0 Å². The maximum absolute atomic E-state index is 3.91. The average molecular weight is 154 g/mol. The Balaban J connectivity index is 2.31. The monoisotopic (exact) mass is 154 g/mol. The zero-order valence-corrected chi connectivity index (χ0v) is 7.84. The van der Waals surface area contributed by atoms with Gasteiger partial charge in [-0.05, 0) is 39.7 Å². The van der Waals surface area contributed by atoms with Crippen LogP contribution in [0.25, 0.3) is 0 Å². The highest BCUT2D eigenvalue weighted by molar-refractivity contribution is 4.81. The highest BCUT2D eigenvalue weighted by atomic mass is 15.2. The Bertz CT molecular complexity index is 105. The molecular formula is C10H20N. The molecule has 0 aromatic heterocycles. The van der Waals surface area contributed by atoms with Gasteiger partial charge in [-0.2, -0.15) is 0 Å². The van der Waals surface area contributed by atoms with Gasteiger partial charge in [-0.1, -0.05) is 13.3 Å². The number of hydrogen-bond acceptors (Lipinski definition) is 1. The molecule has 0 atom stereocenters. The maximum atomic E-state index is 3.91. The van der Waals surface area contributed by atoms with E-state index < -0.39 is 0 Å². The van der Waals surface area contributed by atoms with Crippen LogP contribution in [-0.4, -0.2) is 23.5 Å². The van der Waals surface area contributed by atoms with Crippen molar-refractivity contribution in [1.82, 2.24) is 4.90 Å². The van der Waals surface area contributed by atoms with Crippen molar-refractivity contribution in [3.8, 4) is 0 Å². The largest absolute Gasteiger partial charge is 0.298 e. The summed E-state index contributed by atoms with van der Waals surface area (Å²) < 4.78 is 0. The minimum Gasteiger partial charge on any atom is -0.298 e. The summed E-state index contributed by atoms with van der Waals surface area (Å²) in [5, 5.41) is 0. The van der Waals surface area contributed by atoms with Crippen molar-refractivity contribution < 1.29 is 0 Å². The summed E-state index contributed by atoms with van der Waals surface area (Å²) in [5.41, 5.74) is 0. The van der Waals surface area contributed by atoms with Gasteiger partial charge in [-0.3, -0.25) is 4.90 Å². The highest BCUT2D eigenvalue weighted by Gasteiger charge is 2.25. The molecule has 1 rings (SSSR count). The van der Waals surface area contributed by atoms with Crippen LogP contribution in [0, 0.1) is 6.92 Å². The Morgan fingerprint density at radius 3 is 2.36 bits per heavy atom. The first-order valence-electron chi connectivity index (χ1n) is 4.80. The van der Waals surface area contributed by atoms with Crippen molar-refractivity contribution in [2.24, 2.45) is 0 Å². The fourth-order valence-electron chi connectivity index (χ4n) is 1.76. The first kappa shape index (κ1) is 9.05. The zero-order valence-electron chi connectivity index (χ0n) is 7.84. The van der Waals surface area contributed by atoms with E-state index in [9.17, 15) is 0 Å². The SMILES string of the molecule is [CH2]CCN(C(C)C)C1CCC1. The first-order chi connectivity index (χ1) is 5.25. The summed E-state index contributed by atoms with van der Waals surface area (Å²) in [7, 11) is 0. The smallest absolute Gasteiger partial charge is 0.00979 e. The third-order valence-electron chi connectivity index (χ3n) is 2.62. The van der Waals surface area contributed by atoms with E-state index in [0.29, 0.717) is 6.04 Å². The van der Waals surface area contributed by atoms with Crippen LogP contribution >= 0.6 is 0 Å². The van der Waals surface area contributed by atoms with Crippen LogP contribution in [0.1, 0.15) is 39.5 Å². The molecular weight excluding hydrogens is 134 g/mol. The lowest BCUT2D eigenvalue weighted by atomic mass is 9.90. The quantitative estimate of drug-likeness (QED) is 0.601. The molecule has 0 saturated heterocycles. The molecule has 0 unspecified atom stereocenters. The lowest BCUT2D eigenvalue weighted by Crippen LogP contribution is -2.44. The molecule has 1 aliphatic carbocycles. The first-order valence-corrected chi connectivity index (χ1v) is 4.80. The predicted octanol–water partition coefficient (Wildman–Crippen LogP) is 2.47. The molecule has 1 aliphatic rings. The summed E-state index contributed by atoms with van der Waals surface area (Å²) in [4.78, 5) is 2.59. The van der Waals surface area contributed by atoms with Crippen molar-refractivity contribution in [3.05, 3.63) is 6.92 Å². The van der Waals surface area contributed by atoms with Crippen LogP contribution in [0.4, 0.5) is 0 Å². The summed E-state index contributed by atoms with van der Waals surface area (Å²) in [6.07, 6.45) is 5.32. The molecule has 0 N–H and O–H groups in total. The standard InChI is InChI=1S/C10H20N/c1-4-8-11(9(2)3)10-6-5-7-10/h9-10H,1,4-8H2,2-3H3. The molecule has 0 heterocycles. The van der Waals surface area contributed by atoms with E-state index in [2.05, 4.69) is 25.7 Å². The Kier molecular flexibility index (Phi) is 3.38. The van der Waals surface area contributed by atoms with Gasteiger partial charge in [0.05, 0.1) is 0 Å². The number of nitrogens with zero attached hydrogens (tertiary/aromatic N) is 1. The number of hydrogen-bond donors (Lipinski definition) is 0.